The number of anilines is 1. The number of methoxy groups -OCH3 is 1. The summed E-state index contributed by atoms with van der Waals surface area (Å²) in [5.41, 5.74) is 2.43. The van der Waals surface area contributed by atoms with Crippen LogP contribution in [0.3, 0.4) is 0 Å². The molecule has 7 nitrogen and oxygen atoms in total. The summed E-state index contributed by atoms with van der Waals surface area (Å²) in [6.45, 7) is 2.07. The molecule has 0 aliphatic heterocycles. The van der Waals surface area contributed by atoms with Gasteiger partial charge in [0.15, 0.2) is 0 Å². The van der Waals surface area contributed by atoms with Gasteiger partial charge in [-0.3, -0.25) is 0 Å². The van der Waals surface area contributed by atoms with E-state index in [-0.39, 0.29) is 13.0 Å². The van der Waals surface area contributed by atoms with Gasteiger partial charge in [-0.25, -0.2) is 24.3 Å². The highest BCUT2D eigenvalue weighted by molar-refractivity contribution is 5.77. The minimum Gasteiger partial charge on any atom is -0.481 e. The van der Waals surface area contributed by atoms with Crippen molar-refractivity contribution in [3.8, 4) is 5.88 Å². The second kappa shape index (κ2) is 7.78. The highest BCUT2D eigenvalue weighted by atomic mass is 19.1. The third-order valence-electron chi connectivity index (χ3n) is 4.47. The summed E-state index contributed by atoms with van der Waals surface area (Å²) in [4.78, 5) is 19.7. The van der Waals surface area contributed by atoms with Gasteiger partial charge in [-0.05, 0) is 25.1 Å². The first-order valence-electron chi connectivity index (χ1n) is 8.92. The molecule has 0 radical (unpaired) electrons. The maximum Gasteiger partial charge on any atom is 0.218 e. The molecule has 4 heterocycles. The number of halogens is 2. The van der Waals surface area contributed by atoms with Gasteiger partial charge in [0, 0.05) is 35.7 Å². The molecule has 4 aromatic heterocycles. The first-order chi connectivity index (χ1) is 14.0. The molecule has 0 atom stereocenters. The van der Waals surface area contributed by atoms with Crippen LogP contribution in [0.4, 0.5) is 14.6 Å². The lowest BCUT2D eigenvalue weighted by Crippen LogP contribution is -2.07. The zero-order valence-electron chi connectivity index (χ0n) is 15.8. The molecule has 9 heteroatoms. The summed E-state index contributed by atoms with van der Waals surface area (Å²) < 4.78 is 33.0. The Balaban J connectivity index is 1.50. The molecular weight excluding hydrogens is 378 g/mol. The highest BCUT2D eigenvalue weighted by Crippen LogP contribution is 2.19. The van der Waals surface area contributed by atoms with E-state index in [9.17, 15) is 8.78 Å². The predicted octanol–water partition coefficient (Wildman–Crippen LogP) is 3.55. The Labute approximate surface area is 165 Å². The Bertz CT molecular complexity index is 1180. The number of rotatable bonds is 6. The maximum atomic E-state index is 14.5. The predicted molar refractivity (Wildman–Crippen MR) is 104 cm³/mol. The van der Waals surface area contributed by atoms with Crippen LogP contribution in [0.15, 0.2) is 36.7 Å². The molecule has 4 aromatic rings. The van der Waals surface area contributed by atoms with Crippen LogP contribution in [0, 0.1) is 18.7 Å². The summed E-state index contributed by atoms with van der Waals surface area (Å²) in [6.07, 6.45) is 3.09. The van der Waals surface area contributed by atoms with E-state index in [4.69, 9.17) is 4.74 Å². The third kappa shape index (κ3) is 3.98. The van der Waals surface area contributed by atoms with E-state index in [1.807, 2.05) is 13.0 Å². The molecule has 0 saturated heterocycles. The highest BCUT2D eigenvalue weighted by Gasteiger charge is 2.12. The molecule has 0 amide bonds. The molecule has 148 valence electrons. The summed E-state index contributed by atoms with van der Waals surface area (Å²) in [5, 5.41) is 3.89. The first kappa shape index (κ1) is 18.7. The molecule has 29 heavy (non-hydrogen) atoms. The van der Waals surface area contributed by atoms with Crippen LogP contribution in [0.2, 0.25) is 0 Å². The van der Waals surface area contributed by atoms with Crippen LogP contribution < -0.4 is 10.1 Å². The maximum absolute atomic E-state index is 14.5. The van der Waals surface area contributed by atoms with Crippen LogP contribution in [0.1, 0.15) is 22.6 Å². The summed E-state index contributed by atoms with van der Waals surface area (Å²) in [5.74, 6) is 0.0192. The second-order valence-corrected chi connectivity index (χ2v) is 6.46. The number of aryl methyl sites for hydroxylation is 1. The van der Waals surface area contributed by atoms with Crippen LogP contribution in [-0.2, 0) is 13.0 Å². The zero-order chi connectivity index (χ0) is 20.4. The zero-order valence-corrected chi connectivity index (χ0v) is 15.8. The standard InChI is InChI=1S/C20H18F2N6O/c1-11-15-5-6-23-19(15)28-17(26-11)8-12-3-4-16(27-18(12)22)24-9-13-7-14(21)10-25-20(13)29-2/h3-7,10H,8-9H2,1-2H3,(H,24,27)(H,23,26,28). The SMILES string of the molecule is COc1ncc(F)cc1CNc1ccc(Cc2nc(C)c3cc[nH]c3n2)c(F)n1. The van der Waals surface area contributed by atoms with E-state index >= 15 is 0 Å². The Morgan fingerprint density at radius 1 is 1.10 bits per heavy atom. The average molecular weight is 396 g/mol. The number of fused-ring (bicyclic) bond motifs is 1. The van der Waals surface area contributed by atoms with Crippen molar-refractivity contribution in [2.75, 3.05) is 12.4 Å². The second-order valence-electron chi connectivity index (χ2n) is 6.46. The number of ether oxygens (including phenoxy) is 1. The minimum atomic E-state index is -0.618. The first-order valence-corrected chi connectivity index (χ1v) is 8.92. The Kier molecular flexibility index (Phi) is 5.03. The van der Waals surface area contributed by atoms with Gasteiger partial charge in [0.2, 0.25) is 11.8 Å². The number of pyridine rings is 2. The van der Waals surface area contributed by atoms with E-state index in [0.717, 1.165) is 22.9 Å². The summed E-state index contributed by atoms with van der Waals surface area (Å²) >= 11 is 0. The van der Waals surface area contributed by atoms with Gasteiger partial charge in [-0.15, -0.1) is 0 Å². The lowest BCUT2D eigenvalue weighted by atomic mass is 10.2. The molecule has 0 aromatic carbocycles. The number of nitrogens with one attached hydrogen (secondary N) is 2. The third-order valence-corrected chi connectivity index (χ3v) is 4.47. The van der Waals surface area contributed by atoms with Gasteiger partial charge in [0.1, 0.15) is 23.1 Å². The fourth-order valence-corrected chi connectivity index (χ4v) is 3.06. The fraction of sp³-hybridized carbons (Fsp3) is 0.200. The van der Waals surface area contributed by atoms with E-state index in [2.05, 4.69) is 30.2 Å². The van der Waals surface area contributed by atoms with Crippen molar-refractivity contribution in [2.45, 2.75) is 19.9 Å². The van der Waals surface area contributed by atoms with Crippen molar-refractivity contribution in [2.24, 2.45) is 0 Å². The molecule has 0 fully saturated rings. The lowest BCUT2D eigenvalue weighted by Gasteiger charge is -2.10. The smallest absolute Gasteiger partial charge is 0.218 e. The molecular formula is C20H18F2N6O. The van der Waals surface area contributed by atoms with E-state index in [1.165, 1.54) is 13.2 Å². The van der Waals surface area contributed by atoms with Crippen LogP contribution in [0.25, 0.3) is 11.0 Å². The largest absolute Gasteiger partial charge is 0.481 e. The fourth-order valence-electron chi connectivity index (χ4n) is 3.06. The molecule has 4 rings (SSSR count). The van der Waals surface area contributed by atoms with Crippen LogP contribution >= 0.6 is 0 Å². The molecule has 0 spiro atoms. The van der Waals surface area contributed by atoms with Gasteiger partial charge in [-0.2, -0.15) is 4.39 Å². The van der Waals surface area contributed by atoms with E-state index in [0.29, 0.717) is 28.6 Å². The number of hydrogen-bond acceptors (Lipinski definition) is 6. The Morgan fingerprint density at radius 3 is 2.76 bits per heavy atom. The number of hydrogen-bond donors (Lipinski definition) is 2. The van der Waals surface area contributed by atoms with Gasteiger partial charge < -0.3 is 15.0 Å². The van der Waals surface area contributed by atoms with Crippen molar-refractivity contribution in [3.63, 3.8) is 0 Å². The normalized spacial score (nSPS) is 11.0. The Hall–Kier alpha value is -3.62. The minimum absolute atomic E-state index is 0.186. The summed E-state index contributed by atoms with van der Waals surface area (Å²) in [6, 6.07) is 6.49. The van der Waals surface area contributed by atoms with E-state index < -0.39 is 11.8 Å². The molecule has 0 aliphatic rings. The van der Waals surface area contributed by atoms with E-state index in [1.54, 1.807) is 18.3 Å². The van der Waals surface area contributed by atoms with Gasteiger partial charge in [0.25, 0.3) is 0 Å². The molecule has 2 N–H and O–H groups in total. The van der Waals surface area contributed by atoms with Crippen molar-refractivity contribution >= 4 is 16.9 Å². The number of nitrogens with zero attached hydrogens (tertiary/aromatic N) is 4. The monoisotopic (exact) mass is 396 g/mol. The number of aromatic amines is 1. The lowest BCUT2D eigenvalue weighted by molar-refractivity contribution is 0.391. The van der Waals surface area contributed by atoms with Crippen LogP contribution in [0.5, 0.6) is 5.88 Å². The van der Waals surface area contributed by atoms with Gasteiger partial charge in [0.05, 0.1) is 19.0 Å². The number of H-pyrrole nitrogens is 1. The Morgan fingerprint density at radius 2 is 1.97 bits per heavy atom. The van der Waals surface area contributed by atoms with Crippen molar-refractivity contribution in [3.05, 3.63) is 71.1 Å². The molecule has 0 unspecified atom stereocenters. The van der Waals surface area contributed by atoms with Gasteiger partial charge >= 0.3 is 0 Å². The quantitative estimate of drug-likeness (QED) is 0.485. The average Bonchev–Trinajstić information content (AvgIpc) is 3.17. The van der Waals surface area contributed by atoms with Gasteiger partial charge in [-0.1, -0.05) is 6.07 Å². The number of aromatic nitrogens is 5. The molecule has 0 aliphatic carbocycles. The topological polar surface area (TPSA) is 88.6 Å². The van der Waals surface area contributed by atoms with Crippen molar-refractivity contribution < 1.29 is 13.5 Å². The summed E-state index contributed by atoms with van der Waals surface area (Å²) in [7, 11) is 1.45. The van der Waals surface area contributed by atoms with Crippen molar-refractivity contribution in [1.82, 2.24) is 24.9 Å². The molecule has 0 bridgehead atoms. The van der Waals surface area contributed by atoms with Crippen molar-refractivity contribution in [1.29, 1.82) is 0 Å². The molecule has 0 saturated carbocycles. The van der Waals surface area contributed by atoms with Crippen LogP contribution in [-0.4, -0.2) is 32.0 Å².